The third-order valence-electron chi connectivity index (χ3n) is 2.45. The van der Waals surface area contributed by atoms with Gasteiger partial charge in [-0.1, -0.05) is 30.3 Å². The van der Waals surface area contributed by atoms with Crippen LogP contribution in [0.15, 0.2) is 35.3 Å². The summed E-state index contributed by atoms with van der Waals surface area (Å²) in [6.45, 7) is 0.886. The number of benzene rings is 1. The fraction of sp³-hybridized carbons (Fsp3) is 0.333. The highest BCUT2D eigenvalue weighted by atomic mass is 79.9. The summed E-state index contributed by atoms with van der Waals surface area (Å²) in [6, 6.07) is 10.5. The molecule has 0 radical (unpaired) electrons. The Morgan fingerprint density at radius 3 is 2.44 bits per heavy atom. The molecule has 1 unspecified atom stereocenters. The van der Waals surface area contributed by atoms with Gasteiger partial charge in [-0.3, -0.25) is 4.90 Å². The molecule has 0 bridgehead atoms. The van der Waals surface area contributed by atoms with Gasteiger partial charge in [0.05, 0.1) is 0 Å². The van der Waals surface area contributed by atoms with Gasteiger partial charge in [0.15, 0.2) is 10.3 Å². The van der Waals surface area contributed by atoms with Crippen molar-refractivity contribution < 1.29 is 0 Å². The molecule has 1 atom stereocenters. The Kier molecular flexibility index (Phi) is 4.89. The first kappa shape index (κ1) is 14.1. The van der Waals surface area contributed by atoms with Gasteiger partial charge in [-0.05, 0) is 53.2 Å². The van der Waals surface area contributed by atoms with Gasteiger partial charge < -0.3 is 4.90 Å². The molecule has 0 N–H and O–H groups in total. The number of aliphatic imine (C=N–C) groups is 1. The van der Waals surface area contributed by atoms with Crippen LogP contribution in [0, 0.1) is 0 Å². The number of hydrogen-bond acceptors (Lipinski definition) is 4. The molecule has 0 amide bonds. The van der Waals surface area contributed by atoms with E-state index in [2.05, 4.69) is 60.9 Å². The molecule has 18 heavy (non-hydrogen) atoms. The van der Waals surface area contributed by atoms with E-state index in [4.69, 9.17) is 0 Å². The molecular weight excluding hydrogens is 330 g/mol. The van der Waals surface area contributed by atoms with E-state index in [-0.39, 0.29) is 7.95 Å². The minimum absolute atomic E-state index is 0.0230. The van der Waals surface area contributed by atoms with Crippen molar-refractivity contribution in [1.82, 2.24) is 9.80 Å². The van der Waals surface area contributed by atoms with Gasteiger partial charge in [-0.2, -0.15) is 0 Å². The van der Waals surface area contributed by atoms with E-state index >= 15 is 0 Å². The maximum Gasteiger partial charge on any atom is 0.177 e. The minimum Gasteiger partial charge on any atom is -0.349 e. The van der Waals surface area contributed by atoms with Crippen molar-refractivity contribution in [1.29, 1.82) is 0 Å². The predicted octanol–water partition coefficient (Wildman–Crippen LogP) is 3.36. The second-order valence-electron chi connectivity index (χ2n) is 4.22. The summed E-state index contributed by atoms with van der Waals surface area (Å²) in [7, 11) is 7.89. The Labute approximate surface area is 122 Å². The van der Waals surface area contributed by atoms with E-state index in [1.807, 2.05) is 20.2 Å². The lowest BCUT2D eigenvalue weighted by Crippen LogP contribution is -2.24. The Bertz CT molecular complexity index is 485. The third-order valence-corrected chi connectivity index (χ3v) is 7.29. The highest BCUT2D eigenvalue weighted by molar-refractivity contribution is 9.65. The number of halogens is 1. The van der Waals surface area contributed by atoms with Gasteiger partial charge in [0.1, 0.15) is 0 Å². The summed E-state index contributed by atoms with van der Waals surface area (Å²) in [5.74, 6) is 0. The lowest BCUT2D eigenvalue weighted by Gasteiger charge is -2.17. The molecule has 1 aliphatic rings. The summed E-state index contributed by atoms with van der Waals surface area (Å²) in [5.41, 5.74) is 1.30. The predicted molar refractivity (Wildman–Crippen MR) is 88.1 cm³/mol. The normalized spacial score (nSPS) is 19.3. The average molecular weight is 346 g/mol. The van der Waals surface area contributed by atoms with E-state index < -0.39 is 0 Å². The zero-order valence-corrected chi connectivity index (χ0v) is 13.8. The summed E-state index contributed by atoms with van der Waals surface area (Å²) < 4.78 is 0. The highest BCUT2D eigenvalue weighted by Gasteiger charge is 2.20. The molecule has 6 heteroatoms. The first-order valence-electron chi connectivity index (χ1n) is 5.55. The van der Waals surface area contributed by atoms with Crippen molar-refractivity contribution in [2.45, 2.75) is 6.54 Å². The standard InChI is InChI=1S/C12H16BrN3S2/c1-15(2)12-14-11(17-18(12)13)16(3)9-10-7-5-4-6-8-10/h4-8H,9H2,1-3H3. The Morgan fingerprint density at radius 1 is 1.22 bits per heavy atom. The molecule has 3 nitrogen and oxygen atoms in total. The van der Waals surface area contributed by atoms with Crippen LogP contribution in [-0.2, 0) is 6.54 Å². The number of hydrogen-bond donors (Lipinski definition) is 0. The van der Waals surface area contributed by atoms with Crippen LogP contribution in [0.4, 0.5) is 0 Å². The molecule has 98 valence electrons. The van der Waals surface area contributed by atoms with E-state index in [9.17, 15) is 0 Å². The summed E-state index contributed by atoms with van der Waals surface area (Å²) in [4.78, 5) is 8.93. The van der Waals surface area contributed by atoms with E-state index in [1.165, 1.54) is 5.56 Å². The van der Waals surface area contributed by atoms with Gasteiger partial charge in [-0.25, -0.2) is 4.99 Å². The third kappa shape index (κ3) is 3.38. The molecule has 1 heterocycles. The van der Waals surface area contributed by atoms with Crippen LogP contribution in [0.25, 0.3) is 0 Å². The van der Waals surface area contributed by atoms with Crippen LogP contribution in [0.1, 0.15) is 5.56 Å². The first-order chi connectivity index (χ1) is 8.58. The summed E-state index contributed by atoms with van der Waals surface area (Å²) in [6.07, 6.45) is 0. The van der Waals surface area contributed by atoms with Crippen molar-refractivity contribution in [2.24, 2.45) is 4.99 Å². The van der Waals surface area contributed by atoms with Crippen molar-refractivity contribution in [3.63, 3.8) is 0 Å². The van der Waals surface area contributed by atoms with E-state index in [1.54, 1.807) is 10.8 Å². The molecule has 0 saturated heterocycles. The fourth-order valence-electron chi connectivity index (χ4n) is 1.56. The quantitative estimate of drug-likeness (QED) is 0.604. The molecule has 0 saturated carbocycles. The van der Waals surface area contributed by atoms with Crippen LogP contribution < -0.4 is 0 Å². The van der Waals surface area contributed by atoms with Gasteiger partial charge in [0, 0.05) is 13.6 Å². The molecule has 0 aliphatic carbocycles. The van der Waals surface area contributed by atoms with Crippen molar-refractivity contribution in [3.05, 3.63) is 35.9 Å². The Morgan fingerprint density at radius 2 is 1.89 bits per heavy atom. The van der Waals surface area contributed by atoms with Crippen molar-refractivity contribution in [3.8, 4) is 0 Å². The maximum atomic E-state index is 4.68. The molecule has 1 aliphatic heterocycles. The first-order valence-corrected chi connectivity index (χ1v) is 9.95. The second-order valence-corrected chi connectivity index (χ2v) is 10.3. The zero-order valence-electron chi connectivity index (χ0n) is 10.6. The van der Waals surface area contributed by atoms with Crippen LogP contribution in [-0.4, -0.2) is 41.2 Å². The molecular formula is C12H16BrN3S2. The lowest BCUT2D eigenvalue weighted by atomic mass is 10.2. The average Bonchev–Trinajstić information content (AvgIpc) is 2.73. The molecule has 0 spiro atoms. The largest absolute Gasteiger partial charge is 0.349 e. The minimum atomic E-state index is -0.0230. The van der Waals surface area contributed by atoms with Gasteiger partial charge in [0.25, 0.3) is 0 Å². The molecule has 0 fully saturated rings. The van der Waals surface area contributed by atoms with Crippen LogP contribution in [0.5, 0.6) is 0 Å². The van der Waals surface area contributed by atoms with Gasteiger partial charge >= 0.3 is 0 Å². The van der Waals surface area contributed by atoms with Gasteiger partial charge in [0.2, 0.25) is 0 Å². The zero-order chi connectivity index (χ0) is 13.1. The molecule has 0 aromatic heterocycles. The van der Waals surface area contributed by atoms with E-state index in [0.29, 0.717) is 0 Å². The second kappa shape index (κ2) is 6.23. The highest BCUT2D eigenvalue weighted by Crippen LogP contribution is 2.45. The molecule has 1 aromatic carbocycles. The molecule has 1 aromatic rings. The van der Waals surface area contributed by atoms with Crippen molar-refractivity contribution in [2.75, 3.05) is 21.1 Å². The Hall–Kier alpha value is -0.300. The monoisotopic (exact) mass is 345 g/mol. The fourth-order valence-corrected chi connectivity index (χ4v) is 6.40. The number of amidine groups is 1. The summed E-state index contributed by atoms with van der Waals surface area (Å²) >= 11 is 3.67. The SMILES string of the molecule is CN(C)C1=S(Br)SC(N(C)Cc2ccccc2)=N1. The van der Waals surface area contributed by atoms with Gasteiger partial charge in [-0.15, -0.1) is 0 Å². The molecule has 2 rings (SSSR count). The topological polar surface area (TPSA) is 18.8 Å². The lowest BCUT2D eigenvalue weighted by molar-refractivity contribution is 0.510. The smallest absolute Gasteiger partial charge is 0.177 e. The number of nitrogens with zero attached hydrogens (tertiary/aromatic N) is 3. The van der Waals surface area contributed by atoms with Crippen LogP contribution >= 0.6 is 33.6 Å². The van der Waals surface area contributed by atoms with Crippen LogP contribution in [0.3, 0.4) is 0 Å². The van der Waals surface area contributed by atoms with Crippen LogP contribution in [0.2, 0.25) is 0 Å². The summed E-state index contributed by atoms with van der Waals surface area (Å²) in [5, 5.41) is 2.16. The Balaban J connectivity index is 2.05. The van der Waals surface area contributed by atoms with E-state index in [0.717, 1.165) is 16.8 Å². The number of rotatable bonds is 2. The maximum absolute atomic E-state index is 4.68. The van der Waals surface area contributed by atoms with Crippen molar-refractivity contribution >= 4 is 43.8 Å².